The molecule has 1 aliphatic rings. The number of nitrogens with zero attached hydrogens (tertiary/aromatic N) is 4. The molecule has 21 heavy (non-hydrogen) atoms. The summed E-state index contributed by atoms with van der Waals surface area (Å²) < 4.78 is 1.60. The number of tetrazole rings is 1. The molecule has 0 spiro atoms. The molecule has 6 nitrogen and oxygen atoms in total. The number of hydrogen-bond acceptors (Lipinski definition) is 4. The molecule has 0 saturated carbocycles. The number of benzene rings is 1. The Morgan fingerprint density at radius 3 is 3.10 bits per heavy atom. The van der Waals surface area contributed by atoms with E-state index in [1.807, 2.05) is 24.3 Å². The van der Waals surface area contributed by atoms with Gasteiger partial charge in [0.15, 0.2) is 5.82 Å². The van der Waals surface area contributed by atoms with Crippen LogP contribution < -0.4 is 5.32 Å². The lowest BCUT2D eigenvalue weighted by atomic mass is 10.0. The summed E-state index contributed by atoms with van der Waals surface area (Å²) in [4.78, 5) is 12.0. The second-order valence-electron chi connectivity index (χ2n) is 5.22. The van der Waals surface area contributed by atoms with Gasteiger partial charge in [-0.25, -0.2) is 4.68 Å². The van der Waals surface area contributed by atoms with Crippen molar-refractivity contribution in [1.29, 1.82) is 0 Å². The number of carbonyl (C=O) groups is 1. The van der Waals surface area contributed by atoms with Crippen molar-refractivity contribution in [2.24, 2.45) is 13.0 Å². The van der Waals surface area contributed by atoms with Crippen LogP contribution in [0.5, 0.6) is 0 Å². The summed E-state index contributed by atoms with van der Waals surface area (Å²) >= 11 is 0. The van der Waals surface area contributed by atoms with Crippen molar-refractivity contribution in [3.63, 3.8) is 0 Å². The molecule has 6 heteroatoms. The van der Waals surface area contributed by atoms with E-state index in [9.17, 15) is 4.79 Å². The number of nitrogens with one attached hydrogen (secondary N) is 1. The Bertz CT molecular complexity index is 676. The quantitative estimate of drug-likeness (QED) is 0.873. The van der Waals surface area contributed by atoms with Crippen LogP contribution >= 0.6 is 0 Å². The van der Waals surface area contributed by atoms with Gasteiger partial charge in [-0.1, -0.05) is 24.3 Å². The SMILES string of the molecule is Cn1nnnc1-c1cccc(NC(=O)C[C@H]2C=CCC2)c1. The van der Waals surface area contributed by atoms with E-state index in [0.717, 1.165) is 24.1 Å². The van der Waals surface area contributed by atoms with Crippen molar-refractivity contribution >= 4 is 11.6 Å². The molecule has 1 atom stereocenters. The average Bonchev–Trinajstić information content (AvgIpc) is 3.10. The topological polar surface area (TPSA) is 72.7 Å². The highest BCUT2D eigenvalue weighted by atomic mass is 16.1. The van der Waals surface area contributed by atoms with Gasteiger partial charge in [-0.2, -0.15) is 0 Å². The van der Waals surface area contributed by atoms with Gasteiger partial charge in [-0.05, 0) is 41.3 Å². The first-order chi connectivity index (χ1) is 10.2. The van der Waals surface area contributed by atoms with Crippen molar-refractivity contribution in [2.75, 3.05) is 5.32 Å². The van der Waals surface area contributed by atoms with Crippen molar-refractivity contribution < 1.29 is 4.79 Å². The Morgan fingerprint density at radius 1 is 1.48 bits per heavy atom. The van der Waals surface area contributed by atoms with E-state index in [4.69, 9.17) is 0 Å². The maximum Gasteiger partial charge on any atom is 0.224 e. The Hall–Kier alpha value is -2.50. The van der Waals surface area contributed by atoms with Crippen molar-refractivity contribution in [2.45, 2.75) is 19.3 Å². The molecule has 1 heterocycles. The lowest BCUT2D eigenvalue weighted by Crippen LogP contribution is -2.14. The third-order valence-corrected chi connectivity index (χ3v) is 3.58. The third-order valence-electron chi connectivity index (χ3n) is 3.58. The zero-order chi connectivity index (χ0) is 14.7. The zero-order valence-corrected chi connectivity index (χ0v) is 11.9. The number of amides is 1. The highest BCUT2D eigenvalue weighted by Gasteiger charge is 2.14. The van der Waals surface area contributed by atoms with Crippen LogP contribution in [0.1, 0.15) is 19.3 Å². The van der Waals surface area contributed by atoms with Crippen molar-refractivity contribution in [3.05, 3.63) is 36.4 Å². The summed E-state index contributed by atoms with van der Waals surface area (Å²) in [6.07, 6.45) is 6.94. The Labute approximate surface area is 122 Å². The minimum Gasteiger partial charge on any atom is -0.326 e. The first-order valence-electron chi connectivity index (χ1n) is 7.01. The summed E-state index contributed by atoms with van der Waals surface area (Å²) in [6, 6.07) is 7.56. The van der Waals surface area contributed by atoms with Gasteiger partial charge in [0.05, 0.1) is 0 Å². The van der Waals surface area contributed by atoms with Gasteiger partial charge in [0.25, 0.3) is 0 Å². The molecule has 108 valence electrons. The van der Waals surface area contributed by atoms with Gasteiger partial charge in [-0.3, -0.25) is 4.79 Å². The van der Waals surface area contributed by atoms with Crippen LogP contribution in [-0.4, -0.2) is 26.1 Å². The Morgan fingerprint density at radius 2 is 2.38 bits per heavy atom. The summed E-state index contributed by atoms with van der Waals surface area (Å²) in [5.41, 5.74) is 1.64. The number of carbonyl (C=O) groups excluding carboxylic acids is 1. The van der Waals surface area contributed by atoms with E-state index >= 15 is 0 Å². The normalized spacial score (nSPS) is 17.1. The number of rotatable bonds is 4. The molecule has 1 N–H and O–H groups in total. The maximum atomic E-state index is 12.0. The van der Waals surface area contributed by atoms with E-state index in [-0.39, 0.29) is 5.91 Å². The molecule has 1 aromatic heterocycles. The van der Waals surface area contributed by atoms with Crippen LogP contribution in [0.4, 0.5) is 5.69 Å². The second-order valence-corrected chi connectivity index (χ2v) is 5.22. The number of aryl methyl sites for hydroxylation is 1. The smallest absolute Gasteiger partial charge is 0.224 e. The van der Waals surface area contributed by atoms with Crippen molar-refractivity contribution in [1.82, 2.24) is 20.2 Å². The predicted octanol–water partition coefficient (Wildman–Crippen LogP) is 2.17. The molecule has 1 aliphatic carbocycles. The first kappa shape index (κ1) is 13.5. The fourth-order valence-electron chi connectivity index (χ4n) is 2.53. The lowest BCUT2D eigenvalue weighted by Gasteiger charge is -2.09. The standard InChI is InChI=1S/C15H17N5O/c1-20-15(17-18-19-20)12-7-4-8-13(10-12)16-14(21)9-11-5-2-3-6-11/h2,4-5,7-8,10-11H,3,6,9H2,1H3,(H,16,21)/t11-/m0/s1. The summed E-state index contributed by atoms with van der Waals surface area (Å²) in [5, 5.41) is 14.3. The second kappa shape index (κ2) is 5.87. The van der Waals surface area contributed by atoms with Crippen LogP contribution in [0.25, 0.3) is 11.4 Å². The van der Waals surface area contributed by atoms with Gasteiger partial charge in [0, 0.05) is 24.7 Å². The molecule has 0 bridgehead atoms. The summed E-state index contributed by atoms with van der Waals surface area (Å²) in [7, 11) is 1.78. The Balaban J connectivity index is 1.70. The van der Waals surface area contributed by atoms with E-state index < -0.39 is 0 Å². The predicted molar refractivity (Wildman–Crippen MR) is 79.3 cm³/mol. The van der Waals surface area contributed by atoms with Crippen LogP contribution in [0.2, 0.25) is 0 Å². The largest absolute Gasteiger partial charge is 0.326 e. The lowest BCUT2D eigenvalue weighted by molar-refractivity contribution is -0.116. The molecule has 0 radical (unpaired) electrons. The van der Waals surface area contributed by atoms with Gasteiger partial charge < -0.3 is 5.32 Å². The van der Waals surface area contributed by atoms with Crippen molar-refractivity contribution in [3.8, 4) is 11.4 Å². The Kier molecular flexibility index (Phi) is 3.77. The molecule has 0 saturated heterocycles. The van der Waals surface area contributed by atoms with Crippen LogP contribution in [0, 0.1) is 5.92 Å². The maximum absolute atomic E-state index is 12.0. The molecule has 0 unspecified atom stereocenters. The van der Waals surface area contributed by atoms with Crippen LogP contribution in [0.3, 0.4) is 0 Å². The summed E-state index contributed by atoms with van der Waals surface area (Å²) in [6.45, 7) is 0. The van der Waals surface area contributed by atoms with E-state index in [1.165, 1.54) is 0 Å². The van der Waals surface area contributed by atoms with Crippen LogP contribution in [-0.2, 0) is 11.8 Å². The number of anilines is 1. The highest BCUT2D eigenvalue weighted by molar-refractivity contribution is 5.91. The monoisotopic (exact) mass is 283 g/mol. The van der Waals surface area contributed by atoms with Gasteiger partial charge in [-0.15, -0.1) is 5.10 Å². The number of allylic oxidation sites excluding steroid dienone is 2. The van der Waals surface area contributed by atoms with Gasteiger partial charge in [0.2, 0.25) is 5.91 Å². The van der Waals surface area contributed by atoms with Gasteiger partial charge >= 0.3 is 0 Å². The molecule has 0 aliphatic heterocycles. The van der Waals surface area contributed by atoms with E-state index in [1.54, 1.807) is 11.7 Å². The molecule has 0 fully saturated rings. The zero-order valence-electron chi connectivity index (χ0n) is 11.9. The molecular weight excluding hydrogens is 266 g/mol. The van der Waals surface area contributed by atoms with E-state index in [0.29, 0.717) is 18.2 Å². The molecule has 1 amide bonds. The fourth-order valence-corrected chi connectivity index (χ4v) is 2.53. The average molecular weight is 283 g/mol. The van der Waals surface area contributed by atoms with E-state index in [2.05, 4.69) is 33.0 Å². The molecule has 2 aromatic rings. The first-order valence-corrected chi connectivity index (χ1v) is 7.01. The highest BCUT2D eigenvalue weighted by Crippen LogP contribution is 2.22. The molecule has 1 aromatic carbocycles. The summed E-state index contributed by atoms with van der Waals surface area (Å²) in [5.74, 6) is 1.08. The number of aromatic nitrogens is 4. The molecule has 3 rings (SSSR count). The van der Waals surface area contributed by atoms with Gasteiger partial charge in [0.1, 0.15) is 0 Å². The fraction of sp³-hybridized carbons (Fsp3) is 0.333. The minimum absolute atomic E-state index is 0.0415. The minimum atomic E-state index is 0.0415. The molecular formula is C15H17N5O. The number of hydrogen-bond donors (Lipinski definition) is 1. The third kappa shape index (κ3) is 3.16. The van der Waals surface area contributed by atoms with Crippen LogP contribution in [0.15, 0.2) is 36.4 Å².